The summed E-state index contributed by atoms with van der Waals surface area (Å²) in [4.78, 5) is 10.0. The zero-order valence-corrected chi connectivity index (χ0v) is 27.6. The third-order valence-corrected chi connectivity index (χ3v) is 10.3. The van der Waals surface area contributed by atoms with E-state index in [2.05, 4.69) is 72.3 Å². The number of hydrogen-bond acceptors (Lipinski definition) is 7. The number of para-hydroxylation sites is 2. The van der Waals surface area contributed by atoms with E-state index in [0.717, 1.165) is 49.2 Å². The van der Waals surface area contributed by atoms with Gasteiger partial charge >= 0.3 is 0 Å². The number of benzene rings is 7. The lowest BCUT2D eigenvalue weighted by Gasteiger charge is -2.16. The van der Waals surface area contributed by atoms with Crippen molar-refractivity contribution < 1.29 is 25.5 Å². The minimum Gasteiger partial charge on any atom is -0.504 e. The highest BCUT2D eigenvalue weighted by Gasteiger charge is 2.28. The van der Waals surface area contributed by atoms with E-state index < -0.39 is 28.7 Å². The molecule has 0 bridgehead atoms. The van der Waals surface area contributed by atoms with Crippen molar-refractivity contribution >= 4 is 65.3 Å². The van der Waals surface area contributed by atoms with Crippen LogP contribution in [0.1, 0.15) is 0 Å². The standard InChI is InChI=1S/C43H28N4O5/c1-46-31-12-6-4-10-26(31)29-20-23(15-18-32(29)46)24-16-19-34-30(21-24)27-11-5-7-13-33(27)47(34)43-44-36-25-9-3-2-8-22(25)14-17-28(36)37(45-43)35-38(48)40(50)42(52)41(51)39(35)49/h2-21,48-52H,1H3. The van der Waals surface area contributed by atoms with E-state index in [9.17, 15) is 25.5 Å². The molecular formula is C43H28N4O5. The molecule has 0 radical (unpaired) electrons. The number of fused-ring (bicyclic) bond motifs is 9. The Morgan fingerprint density at radius 1 is 0.442 bits per heavy atom. The number of aromatic nitrogens is 4. The molecule has 0 amide bonds. The van der Waals surface area contributed by atoms with Crippen LogP contribution >= 0.6 is 0 Å². The summed E-state index contributed by atoms with van der Waals surface area (Å²) >= 11 is 0. The summed E-state index contributed by atoms with van der Waals surface area (Å²) in [6, 6.07) is 40.6. The van der Waals surface area contributed by atoms with Crippen LogP contribution < -0.4 is 0 Å². The van der Waals surface area contributed by atoms with Gasteiger partial charge < -0.3 is 30.1 Å². The number of phenols is 5. The smallest absolute Gasteiger partial charge is 0.235 e. The number of aryl methyl sites for hydroxylation is 1. The molecule has 250 valence electrons. The normalized spacial score (nSPS) is 11.9. The summed E-state index contributed by atoms with van der Waals surface area (Å²) in [5.74, 6) is -4.43. The molecule has 9 heteroatoms. The zero-order chi connectivity index (χ0) is 35.4. The fourth-order valence-corrected chi connectivity index (χ4v) is 7.77. The van der Waals surface area contributed by atoms with Crippen molar-refractivity contribution in [3.05, 3.63) is 121 Å². The highest BCUT2D eigenvalue weighted by atomic mass is 16.4. The Labute approximate surface area is 294 Å². The third-order valence-electron chi connectivity index (χ3n) is 10.3. The van der Waals surface area contributed by atoms with Crippen molar-refractivity contribution in [2.24, 2.45) is 7.05 Å². The van der Waals surface area contributed by atoms with E-state index in [1.54, 1.807) is 6.07 Å². The fourth-order valence-electron chi connectivity index (χ4n) is 7.77. The predicted octanol–water partition coefficient (Wildman–Crippen LogP) is 9.39. The van der Waals surface area contributed by atoms with E-state index >= 15 is 0 Å². The molecule has 10 rings (SSSR count). The molecule has 0 saturated carbocycles. The van der Waals surface area contributed by atoms with Gasteiger partial charge in [0.25, 0.3) is 0 Å². The van der Waals surface area contributed by atoms with E-state index in [-0.39, 0.29) is 17.2 Å². The Morgan fingerprint density at radius 3 is 1.67 bits per heavy atom. The van der Waals surface area contributed by atoms with Crippen LogP contribution in [-0.2, 0) is 7.05 Å². The molecule has 0 saturated heterocycles. The Hall–Kier alpha value is -7.26. The minimum absolute atomic E-state index is 0.0531. The molecule has 0 fully saturated rings. The molecule has 0 atom stereocenters. The van der Waals surface area contributed by atoms with Crippen LogP contribution in [0.25, 0.3) is 93.6 Å². The van der Waals surface area contributed by atoms with Crippen molar-refractivity contribution in [1.82, 2.24) is 19.1 Å². The Balaban J connectivity index is 1.26. The summed E-state index contributed by atoms with van der Waals surface area (Å²) in [6.07, 6.45) is 0. The van der Waals surface area contributed by atoms with Crippen molar-refractivity contribution in [3.8, 4) is 57.1 Å². The van der Waals surface area contributed by atoms with Gasteiger partial charge in [-0.25, -0.2) is 9.97 Å². The Kier molecular flexibility index (Phi) is 6.05. The molecular weight excluding hydrogens is 652 g/mol. The van der Waals surface area contributed by atoms with E-state index in [1.807, 2.05) is 59.2 Å². The summed E-state index contributed by atoms with van der Waals surface area (Å²) in [7, 11) is 2.09. The van der Waals surface area contributed by atoms with E-state index in [1.165, 1.54) is 16.3 Å². The molecule has 7 aromatic carbocycles. The Bertz CT molecular complexity index is 3130. The van der Waals surface area contributed by atoms with Crippen LogP contribution in [-0.4, -0.2) is 44.6 Å². The largest absolute Gasteiger partial charge is 0.504 e. The lowest BCUT2D eigenvalue weighted by molar-refractivity contribution is 0.330. The van der Waals surface area contributed by atoms with Gasteiger partial charge in [-0.05, 0) is 59.0 Å². The maximum absolute atomic E-state index is 11.1. The summed E-state index contributed by atoms with van der Waals surface area (Å²) in [5, 5.41) is 59.9. The number of rotatable bonds is 3. The number of phenolic OH excluding ortho intramolecular Hbond substituents is 5. The topological polar surface area (TPSA) is 137 Å². The summed E-state index contributed by atoms with van der Waals surface area (Å²) in [6.45, 7) is 0. The van der Waals surface area contributed by atoms with Crippen molar-refractivity contribution in [2.45, 2.75) is 0 Å². The summed E-state index contributed by atoms with van der Waals surface area (Å²) < 4.78 is 4.15. The molecule has 0 spiro atoms. The van der Waals surface area contributed by atoms with Gasteiger partial charge in [0, 0.05) is 50.4 Å². The average molecular weight is 681 g/mol. The van der Waals surface area contributed by atoms with Gasteiger partial charge in [-0.3, -0.25) is 4.57 Å². The van der Waals surface area contributed by atoms with Gasteiger partial charge in [0.05, 0.1) is 27.8 Å². The van der Waals surface area contributed by atoms with Crippen molar-refractivity contribution in [3.63, 3.8) is 0 Å². The molecule has 0 aliphatic heterocycles. The van der Waals surface area contributed by atoms with Gasteiger partial charge in [0.1, 0.15) is 0 Å². The first-order chi connectivity index (χ1) is 25.3. The molecule has 9 nitrogen and oxygen atoms in total. The quantitative estimate of drug-likeness (QED) is 0.0712. The lowest BCUT2D eigenvalue weighted by atomic mass is 9.99. The molecule has 0 aliphatic rings. The van der Waals surface area contributed by atoms with Crippen LogP contribution in [0.15, 0.2) is 121 Å². The molecule has 0 aliphatic carbocycles. The first-order valence-electron chi connectivity index (χ1n) is 16.7. The maximum Gasteiger partial charge on any atom is 0.235 e. The van der Waals surface area contributed by atoms with E-state index in [4.69, 9.17) is 9.97 Å². The van der Waals surface area contributed by atoms with Crippen LogP contribution in [0.4, 0.5) is 0 Å². The molecule has 0 unspecified atom stereocenters. The first kappa shape index (κ1) is 29.6. The minimum atomic E-state index is -1.04. The second-order valence-corrected chi connectivity index (χ2v) is 13.1. The number of aromatic hydroxyl groups is 5. The molecule has 52 heavy (non-hydrogen) atoms. The van der Waals surface area contributed by atoms with Crippen molar-refractivity contribution in [1.29, 1.82) is 0 Å². The van der Waals surface area contributed by atoms with Gasteiger partial charge in [-0.15, -0.1) is 0 Å². The molecule has 10 aromatic rings. The highest BCUT2D eigenvalue weighted by molar-refractivity contribution is 6.14. The zero-order valence-electron chi connectivity index (χ0n) is 27.6. The SMILES string of the molecule is Cn1c2ccccc2c2cc(-c3ccc4c(c3)c3ccccc3n4-c3nc(-c4c(O)c(O)c(O)c(O)c4O)c4ccc5ccccc5c4n3)ccc21. The van der Waals surface area contributed by atoms with E-state index in [0.29, 0.717) is 10.9 Å². The monoisotopic (exact) mass is 680 g/mol. The average Bonchev–Trinajstić information content (AvgIpc) is 3.67. The van der Waals surface area contributed by atoms with Crippen LogP contribution in [0.3, 0.4) is 0 Å². The molecule has 3 aromatic heterocycles. The molecule has 3 heterocycles. The first-order valence-corrected chi connectivity index (χ1v) is 16.7. The van der Waals surface area contributed by atoms with Crippen LogP contribution in [0, 0.1) is 0 Å². The maximum atomic E-state index is 11.1. The van der Waals surface area contributed by atoms with Crippen molar-refractivity contribution in [2.75, 3.05) is 0 Å². The van der Waals surface area contributed by atoms with Gasteiger partial charge in [-0.1, -0.05) is 78.9 Å². The highest BCUT2D eigenvalue weighted by Crippen LogP contribution is 2.55. The van der Waals surface area contributed by atoms with Gasteiger partial charge in [-0.2, -0.15) is 0 Å². The van der Waals surface area contributed by atoms with Gasteiger partial charge in [0.2, 0.25) is 23.2 Å². The fraction of sp³-hybridized carbons (Fsp3) is 0.0233. The summed E-state index contributed by atoms with van der Waals surface area (Å²) in [5.41, 5.74) is 6.34. The predicted molar refractivity (Wildman–Crippen MR) is 205 cm³/mol. The van der Waals surface area contributed by atoms with Gasteiger partial charge in [0.15, 0.2) is 11.5 Å². The number of hydrogen-bond donors (Lipinski definition) is 5. The lowest BCUT2D eigenvalue weighted by Crippen LogP contribution is -2.04. The molecule has 5 N–H and O–H groups in total. The van der Waals surface area contributed by atoms with Crippen LogP contribution in [0.2, 0.25) is 0 Å². The third kappa shape index (κ3) is 3.98. The number of nitrogens with zero attached hydrogens (tertiary/aromatic N) is 4. The second-order valence-electron chi connectivity index (χ2n) is 13.1. The second kappa shape index (κ2) is 10.6. The Morgan fingerprint density at radius 2 is 0.962 bits per heavy atom. The van der Waals surface area contributed by atoms with Crippen LogP contribution in [0.5, 0.6) is 28.7 Å².